The summed E-state index contributed by atoms with van der Waals surface area (Å²) in [7, 11) is 0. The highest BCUT2D eigenvalue weighted by Gasteiger charge is 2.14. The lowest BCUT2D eigenvalue weighted by atomic mass is 10.0. The molecule has 0 aliphatic rings. The van der Waals surface area contributed by atoms with Crippen LogP contribution in [0, 0.1) is 0 Å². The van der Waals surface area contributed by atoms with Crippen molar-refractivity contribution in [1.29, 1.82) is 0 Å². The quantitative estimate of drug-likeness (QED) is 0.758. The minimum absolute atomic E-state index is 0.0315. The lowest BCUT2D eigenvalue weighted by molar-refractivity contribution is -0.137. The van der Waals surface area contributed by atoms with Crippen LogP contribution in [0.15, 0.2) is 35.5 Å². The average Bonchev–Trinajstić information content (AvgIpc) is 2.55. The highest BCUT2D eigenvalue weighted by atomic mass is 16.4. The van der Waals surface area contributed by atoms with Crippen LogP contribution in [0.3, 0.4) is 0 Å². The third kappa shape index (κ3) is 4.04. The summed E-state index contributed by atoms with van der Waals surface area (Å²) in [6.45, 7) is 5.48. The highest BCUT2D eigenvalue weighted by Crippen LogP contribution is 2.35. The number of aliphatic imine (C=N–C) groups is 1. The predicted molar refractivity (Wildman–Crippen MR) is 95.8 cm³/mol. The minimum Gasteiger partial charge on any atom is -0.481 e. The first-order valence-corrected chi connectivity index (χ1v) is 7.59. The largest absolute Gasteiger partial charge is 0.481 e. The van der Waals surface area contributed by atoms with Gasteiger partial charge in [0.25, 0.3) is 0 Å². The number of nitrogens with one attached hydrogen (secondary N) is 1. The van der Waals surface area contributed by atoms with Crippen molar-refractivity contribution in [3.63, 3.8) is 0 Å². The van der Waals surface area contributed by atoms with Crippen LogP contribution in [0.4, 0.5) is 11.4 Å². The number of aliphatic carboxylic acids is 1. The van der Waals surface area contributed by atoms with E-state index in [-0.39, 0.29) is 18.7 Å². The molecular formula is C18H19N3O3. The molecule has 124 valence electrons. The zero-order valence-corrected chi connectivity index (χ0v) is 13.5. The average molecular weight is 325 g/mol. The Balaban J connectivity index is 2.37. The van der Waals surface area contributed by atoms with E-state index in [1.807, 2.05) is 37.3 Å². The fraction of sp³-hybridized carbons (Fsp3) is 0.222. The van der Waals surface area contributed by atoms with Crippen molar-refractivity contribution >= 4 is 46.9 Å². The molecule has 0 aliphatic heterocycles. The SMILES string of the molecule is C=Nc1c(/C=C\C)c(NC(=O)CCCC(=O)O)cc2cccnc12. The molecular weight excluding hydrogens is 306 g/mol. The molecule has 6 nitrogen and oxygen atoms in total. The lowest BCUT2D eigenvalue weighted by Gasteiger charge is -2.13. The number of anilines is 1. The standard InChI is InChI=1S/C18H19N3O3/c1-3-6-13-14(21-15(22)8-4-9-16(23)24)11-12-7-5-10-20-17(12)18(13)19-2/h3,5-7,10-11H,2,4,8-9H2,1H3,(H,21,22)(H,23,24)/b6-3-. The normalized spacial score (nSPS) is 10.9. The Hall–Kier alpha value is -3.02. The number of hydrogen-bond donors (Lipinski definition) is 2. The van der Waals surface area contributed by atoms with Crippen LogP contribution in [0.2, 0.25) is 0 Å². The van der Waals surface area contributed by atoms with Gasteiger partial charge in [0.2, 0.25) is 5.91 Å². The highest BCUT2D eigenvalue weighted by molar-refractivity contribution is 6.03. The maximum absolute atomic E-state index is 12.1. The second-order valence-electron chi connectivity index (χ2n) is 5.22. The van der Waals surface area contributed by atoms with Crippen molar-refractivity contribution in [1.82, 2.24) is 4.98 Å². The Morgan fingerprint density at radius 2 is 2.21 bits per heavy atom. The molecule has 1 heterocycles. The van der Waals surface area contributed by atoms with Crippen molar-refractivity contribution in [3.8, 4) is 0 Å². The third-order valence-corrected chi connectivity index (χ3v) is 3.47. The summed E-state index contributed by atoms with van der Waals surface area (Å²) in [4.78, 5) is 31.1. The summed E-state index contributed by atoms with van der Waals surface area (Å²) in [5.74, 6) is -1.15. The first kappa shape index (κ1) is 17.3. The maximum atomic E-state index is 12.1. The van der Waals surface area contributed by atoms with E-state index in [4.69, 9.17) is 5.11 Å². The van der Waals surface area contributed by atoms with E-state index in [1.54, 1.807) is 6.20 Å². The molecule has 2 N–H and O–H groups in total. The molecule has 0 fully saturated rings. The lowest BCUT2D eigenvalue weighted by Crippen LogP contribution is -2.13. The van der Waals surface area contributed by atoms with E-state index in [0.29, 0.717) is 23.3 Å². The smallest absolute Gasteiger partial charge is 0.303 e. The first-order chi connectivity index (χ1) is 11.6. The van der Waals surface area contributed by atoms with Gasteiger partial charge in [-0.15, -0.1) is 0 Å². The second kappa shape index (κ2) is 8.01. The van der Waals surface area contributed by atoms with Crippen LogP contribution >= 0.6 is 0 Å². The van der Waals surface area contributed by atoms with Gasteiger partial charge in [0.1, 0.15) is 0 Å². The number of nitrogens with zero attached hydrogens (tertiary/aromatic N) is 2. The molecule has 0 atom stereocenters. The minimum atomic E-state index is -0.910. The van der Waals surface area contributed by atoms with Gasteiger partial charge in [-0.3, -0.25) is 19.6 Å². The van der Waals surface area contributed by atoms with Crippen LogP contribution in [-0.2, 0) is 9.59 Å². The van der Waals surface area contributed by atoms with E-state index in [9.17, 15) is 9.59 Å². The number of hydrogen-bond acceptors (Lipinski definition) is 4. The van der Waals surface area contributed by atoms with Crippen LogP contribution in [0.1, 0.15) is 31.7 Å². The van der Waals surface area contributed by atoms with Crippen LogP contribution in [0.5, 0.6) is 0 Å². The molecule has 0 unspecified atom stereocenters. The molecule has 0 saturated heterocycles. The Kier molecular flexibility index (Phi) is 5.78. The van der Waals surface area contributed by atoms with Gasteiger partial charge >= 0.3 is 5.97 Å². The summed E-state index contributed by atoms with van der Waals surface area (Å²) in [5, 5.41) is 12.3. The number of carboxylic acid groups (broad SMARTS) is 1. The zero-order chi connectivity index (χ0) is 17.5. The molecule has 24 heavy (non-hydrogen) atoms. The Bertz CT molecular complexity index is 813. The third-order valence-electron chi connectivity index (χ3n) is 3.47. The van der Waals surface area contributed by atoms with E-state index < -0.39 is 5.97 Å². The van der Waals surface area contributed by atoms with Gasteiger partial charge in [0.05, 0.1) is 16.9 Å². The maximum Gasteiger partial charge on any atom is 0.303 e. The van der Waals surface area contributed by atoms with Gasteiger partial charge in [-0.2, -0.15) is 0 Å². The molecule has 1 aromatic carbocycles. The summed E-state index contributed by atoms with van der Waals surface area (Å²) < 4.78 is 0. The van der Waals surface area contributed by atoms with Gasteiger partial charge in [0, 0.05) is 30.0 Å². The molecule has 0 bridgehead atoms. The topological polar surface area (TPSA) is 91.7 Å². The summed E-state index contributed by atoms with van der Waals surface area (Å²) in [6, 6.07) is 5.53. The first-order valence-electron chi connectivity index (χ1n) is 7.59. The van der Waals surface area contributed by atoms with Crippen molar-refractivity contribution in [3.05, 3.63) is 36.0 Å². The number of rotatable bonds is 7. The molecule has 1 aromatic heterocycles. The van der Waals surface area contributed by atoms with E-state index >= 15 is 0 Å². The van der Waals surface area contributed by atoms with Crippen LogP contribution in [-0.4, -0.2) is 28.7 Å². The van der Waals surface area contributed by atoms with E-state index in [1.165, 1.54) is 0 Å². The Morgan fingerprint density at radius 3 is 2.88 bits per heavy atom. The Morgan fingerprint density at radius 1 is 1.42 bits per heavy atom. The van der Waals surface area contributed by atoms with Crippen LogP contribution < -0.4 is 5.32 Å². The molecule has 0 aliphatic carbocycles. The molecule has 0 radical (unpaired) electrons. The van der Waals surface area contributed by atoms with Crippen LogP contribution in [0.25, 0.3) is 17.0 Å². The fourth-order valence-electron chi connectivity index (χ4n) is 2.43. The van der Waals surface area contributed by atoms with Crippen molar-refractivity contribution in [2.75, 3.05) is 5.32 Å². The zero-order valence-electron chi connectivity index (χ0n) is 13.5. The van der Waals surface area contributed by atoms with Gasteiger partial charge in [0.15, 0.2) is 0 Å². The van der Waals surface area contributed by atoms with Gasteiger partial charge in [-0.1, -0.05) is 18.2 Å². The number of carbonyl (C=O) groups excluding carboxylic acids is 1. The number of benzene rings is 1. The number of fused-ring (bicyclic) bond motifs is 1. The number of pyridine rings is 1. The van der Waals surface area contributed by atoms with Crippen molar-refractivity contribution in [2.24, 2.45) is 4.99 Å². The molecule has 0 spiro atoms. The predicted octanol–water partition coefficient (Wildman–Crippen LogP) is 3.79. The fourth-order valence-corrected chi connectivity index (χ4v) is 2.43. The summed E-state index contributed by atoms with van der Waals surface area (Å²) in [5.41, 5.74) is 2.65. The van der Waals surface area contributed by atoms with Crippen molar-refractivity contribution in [2.45, 2.75) is 26.2 Å². The number of carboxylic acids is 1. The molecule has 2 rings (SSSR count). The van der Waals surface area contributed by atoms with E-state index in [2.05, 4.69) is 22.0 Å². The van der Waals surface area contributed by atoms with Gasteiger partial charge in [-0.05, 0) is 32.2 Å². The van der Waals surface area contributed by atoms with E-state index in [0.717, 1.165) is 10.9 Å². The summed E-state index contributed by atoms with van der Waals surface area (Å²) in [6.07, 6.45) is 5.77. The molecule has 6 heteroatoms. The summed E-state index contributed by atoms with van der Waals surface area (Å²) >= 11 is 0. The van der Waals surface area contributed by atoms with Crippen molar-refractivity contribution < 1.29 is 14.7 Å². The number of aromatic nitrogens is 1. The van der Waals surface area contributed by atoms with Gasteiger partial charge in [-0.25, -0.2) is 0 Å². The number of allylic oxidation sites excluding steroid dienone is 1. The second-order valence-corrected chi connectivity index (χ2v) is 5.22. The number of amides is 1. The molecule has 1 amide bonds. The van der Waals surface area contributed by atoms with Gasteiger partial charge < -0.3 is 10.4 Å². The molecule has 2 aromatic rings. The monoisotopic (exact) mass is 325 g/mol. The Labute approximate surface area is 139 Å². The number of carbonyl (C=O) groups is 2. The molecule has 0 saturated carbocycles.